The van der Waals surface area contributed by atoms with Gasteiger partial charge in [0.15, 0.2) is 17.3 Å². The molecule has 0 aliphatic heterocycles. The van der Waals surface area contributed by atoms with Gasteiger partial charge in [0.2, 0.25) is 0 Å². The number of amides is 1. The predicted octanol–water partition coefficient (Wildman–Crippen LogP) is 3.22. The van der Waals surface area contributed by atoms with Crippen LogP contribution in [0.3, 0.4) is 0 Å². The Morgan fingerprint density at radius 1 is 1.50 bits per heavy atom. The molecule has 0 saturated heterocycles. The van der Waals surface area contributed by atoms with Crippen LogP contribution in [0.4, 0.5) is 0 Å². The minimum atomic E-state index is -0.438. The van der Waals surface area contributed by atoms with E-state index in [1.807, 2.05) is 6.92 Å². The molecule has 116 valence electrons. The standard InChI is InChI=1S/C15H15BrN2O4/c1-3-21-13-7-10(6-11(16)14(13)19)8-17-18-15(20)12-5-4-9(2)22-12/h4-8,19H,3H2,1-2H3,(H,18,20). The number of benzene rings is 1. The summed E-state index contributed by atoms with van der Waals surface area (Å²) in [7, 11) is 0. The molecule has 0 aliphatic rings. The highest BCUT2D eigenvalue weighted by Gasteiger charge is 2.10. The van der Waals surface area contributed by atoms with Crippen molar-refractivity contribution in [1.29, 1.82) is 0 Å². The number of nitrogens with zero attached hydrogens (tertiary/aromatic N) is 1. The van der Waals surface area contributed by atoms with E-state index in [0.717, 1.165) is 0 Å². The Kier molecular flexibility index (Phi) is 5.21. The van der Waals surface area contributed by atoms with Gasteiger partial charge in [-0.3, -0.25) is 4.79 Å². The maximum atomic E-state index is 11.7. The second-order valence-electron chi connectivity index (χ2n) is 4.39. The third-order valence-corrected chi connectivity index (χ3v) is 3.30. The van der Waals surface area contributed by atoms with Crippen LogP contribution in [-0.2, 0) is 0 Å². The summed E-state index contributed by atoms with van der Waals surface area (Å²) in [4.78, 5) is 11.7. The SMILES string of the molecule is CCOc1cc(C=NNC(=O)c2ccc(C)o2)cc(Br)c1O. The van der Waals surface area contributed by atoms with Crippen molar-refractivity contribution in [3.8, 4) is 11.5 Å². The number of phenols is 1. The van der Waals surface area contributed by atoms with Crippen LogP contribution in [0.1, 0.15) is 28.8 Å². The van der Waals surface area contributed by atoms with Crippen molar-refractivity contribution in [1.82, 2.24) is 5.43 Å². The van der Waals surface area contributed by atoms with E-state index in [-0.39, 0.29) is 11.5 Å². The maximum absolute atomic E-state index is 11.7. The van der Waals surface area contributed by atoms with Crippen molar-refractivity contribution < 1.29 is 19.1 Å². The van der Waals surface area contributed by atoms with Gasteiger partial charge >= 0.3 is 5.91 Å². The third-order valence-electron chi connectivity index (χ3n) is 2.69. The topological polar surface area (TPSA) is 84.1 Å². The minimum Gasteiger partial charge on any atom is -0.503 e. The molecule has 7 heteroatoms. The summed E-state index contributed by atoms with van der Waals surface area (Å²) < 4.78 is 11.0. The van der Waals surface area contributed by atoms with Gasteiger partial charge in [0.1, 0.15) is 5.76 Å². The van der Waals surface area contributed by atoms with Crippen LogP contribution in [0.2, 0.25) is 0 Å². The van der Waals surface area contributed by atoms with Gasteiger partial charge in [0.25, 0.3) is 0 Å². The molecular formula is C15H15BrN2O4. The summed E-state index contributed by atoms with van der Waals surface area (Å²) in [5.41, 5.74) is 3.02. The van der Waals surface area contributed by atoms with E-state index in [4.69, 9.17) is 9.15 Å². The average molecular weight is 367 g/mol. The molecule has 0 saturated carbocycles. The number of rotatable bonds is 5. The van der Waals surface area contributed by atoms with Crippen molar-refractivity contribution in [2.75, 3.05) is 6.61 Å². The predicted molar refractivity (Wildman–Crippen MR) is 85.5 cm³/mol. The number of carbonyl (C=O) groups excluding carboxylic acids is 1. The number of phenolic OH excluding ortho intramolecular Hbond substituents is 1. The number of hydrogen-bond donors (Lipinski definition) is 2. The summed E-state index contributed by atoms with van der Waals surface area (Å²) in [6.45, 7) is 4.00. The number of hydrazone groups is 1. The second kappa shape index (κ2) is 7.13. The summed E-state index contributed by atoms with van der Waals surface area (Å²) in [5, 5.41) is 13.7. The molecule has 6 nitrogen and oxygen atoms in total. The van der Waals surface area contributed by atoms with E-state index in [2.05, 4.69) is 26.5 Å². The van der Waals surface area contributed by atoms with Crippen LogP contribution >= 0.6 is 15.9 Å². The lowest BCUT2D eigenvalue weighted by molar-refractivity contribution is 0.0926. The molecule has 0 fully saturated rings. The first-order chi connectivity index (χ1) is 10.5. The Hall–Kier alpha value is -2.28. The van der Waals surface area contributed by atoms with Crippen molar-refractivity contribution in [3.63, 3.8) is 0 Å². The number of nitrogens with one attached hydrogen (secondary N) is 1. The molecule has 1 heterocycles. The van der Waals surface area contributed by atoms with E-state index in [1.165, 1.54) is 6.21 Å². The Bertz CT molecular complexity index is 710. The number of halogens is 1. The lowest BCUT2D eigenvalue weighted by atomic mass is 10.2. The quantitative estimate of drug-likeness (QED) is 0.628. The lowest BCUT2D eigenvalue weighted by Crippen LogP contribution is -2.16. The molecule has 22 heavy (non-hydrogen) atoms. The van der Waals surface area contributed by atoms with Gasteiger partial charge in [-0.25, -0.2) is 5.43 Å². The molecule has 2 N–H and O–H groups in total. The fraction of sp³-hybridized carbons (Fsp3) is 0.200. The molecule has 0 unspecified atom stereocenters. The van der Waals surface area contributed by atoms with Gasteiger partial charge in [-0.1, -0.05) is 0 Å². The van der Waals surface area contributed by atoms with Crippen molar-refractivity contribution in [2.45, 2.75) is 13.8 Å². The van der Waals surface area contributed by atoms with Crippen molar-refractivity contribution >= 4 is 28.1 Å². The van der Waals surface area contributed by atoms with Crippen molar-refractivity contribution in [2.24, 2.45) is 5.10 Å². The molecule has 0 spiro atoms. The number of aromatic hydroxyl groups is 1. The largest absolute Gasteiger partial charge is 0.503 e. The summed E-state index contributed by atoms with van der Waals surface area (Å²) in [5.74, 6) is 0.766. The fourth-order valence-electron chi connectivity index (χ4n) is 1.71. The molecular weight excluding hydrogens is 352 g/mol. The minimum absolute atomic E-state index is 0.0223. The van der Waals surface area contributed by atoms with Gasteiger partial charge in [-0.05, 0) is 59.6 Å². The molecule has 0 bridgehead atoms. The monoisotopic (exact) mass is 366 g/mol. The van der Waals surface area contributed by atoms with E-state index < -0.39 is 5.91 Å². The molecule has 0 aliphatic carbocycles. The Morgan fingerprint density at radius 3 is 2.91 bits per heavy atom. The number of ether oxygens (including phenoxy) is 1. The first-order valence-corrected chi connectivity index (χ1v) is 7.35. The summed E-state index contributed by atoms with van der Waals surface area (Å²) in [6, 6.07) is 6.55. The molecule has 2 aromatic rings. The van der Waals surface area contributed by atoms with Gasteiger partial charge in [-0.2, -0.15) is 5.10 Å². The van der Waals surface area contributed by atoms with Crippen molar-refractivity contribution in [3.05, 3.63) is 45.8 Å². The van der Waals surface area contributed by atoms with E-state index in [9.17, 15) is 9.90 Å². The molecule has 0 radical (unpaired) electrons. The molecule has 2 rings (SSSR count). The van der Waals surface area contributed by atoms with Crippen LogP contribution in [0.5, 0.6) is 11.5 Å². The highest BCUT2D eigenvalue weighted by molar-refractivity contribution is 9.10. The highest BCUT2D eigenvalue weighted by atomic mass is 79.9. The normalized spacial score (nSPS) is 10.9. The third kappa shape index (κ3) is 3.88. The van der Waals surface area contributed by atoms with Crippen LogP contribution in [0.25, 0.3) is 0 Å². The van der Waals surface area contributed by atoms with Gasteiger partial charge in [-0.15, -0.1) is 0 Å². The second-order valence-corrected chi connectivity index (χ2v) is 5.25. The zero-order valence-corrected chi connectivity index (χ0v) is 13.7. The molecule has 1 aromatic heterocycles. The average Bonchev–Trinajstić information content (AvgIpc) is 2.91. The highest BCUT2D eigenvalue weighted by Crippen LogP contribution is 2.34. The fourth-order valence-corrected chi connectivity index (χ4v) is 2.17. The summed E-state index contributed by atoms with van der Waals surface area (Å²) >= 11 is 3.23. The number of furan rings is 1. The maximum Gasteiger partial charge on any atom is 0.307 e. The first kappa shape index (κ1) is 16.1. The first-order valence-electron chi connectivity index (χ1n) is 6.56. The van der Waals surface area contributed by atoms with E-state index in [1.54, 1.807) is 31.2 Å². The molecule has 1 amide bonds. The van der Waals surface area contributed by atoms with Crippen LogP contribution in [-0.4, -0.2) is 23.8 Å². The molecule has 0 atom stereocenters. The Labute approximate surface area is 135 Å². The zero-order valence-electron chi connectivity index (χ0n) is 12.1. The van der Waals surface area contributed by atoms with Gasteiger partial charge in [0.05, 0.1) is 17.3 Å². The summed E-state index contributed by atoms with van der Waals surface area (Å²) in [6.07, 6.45) is 1.44. The smallest absolute Gasteiger partial charge is 0.307 e. The van der Waals surface area contributed by atoms with Crippen LogP contribution in [0.15, 0.2) is 38.3 Å². The van der Waals surface area contributed by atoms with E-state index in [0.29, 0.717) is 28.2 Å². The number of carbonyl (C=O) groups is 1. The number of aryl methyl sites for hydroxylation is 1. The van der Waals surface area contributed by atoms with Gasteiger partial charge < -0.3 is 14.3 Å². The van der Waals surface area contributed by atoms with Crippen LogP contribution < -0.4 is 10.2 Å². The number of hydrogen-bond acceptors (Lipinski definition) is 5. The molecule has 1 aromatic carbocycles. The van der Waals surface area contributed by atoms with Crippen LogP contribution in [0, 0.1) is 6.92 Å². The van der Waals surface area contributed by atoms with Gasteiger partial charge in [0, 0.05) is 0 Å². The lowest BCUT2D eigenvalue weighted by Gasteiger charge is -2.08. The Morgan fingerprint density at radius 2 is 2.27 bits per heavy atom. The van der Waals surface area contributed by atoms with E-state index >= 15 is 0 Å². The zero-order chi connectivity index (χ0) is 16.1. The Balaban J connectivity index is 2.08.